The highest BCUT2D eigenvalue weighted by Crippen LogP contribution is 2.38. The second-order valence-corrected chi connectivity index (χ2v) is 7.99. The summed E-state index contributed by atoms with van der Waals surface area (Å²) in [6, 6.07) is 4.82. The number of anilines is 2. The molecule has 5 nitrogen and oxygen atoms in total. The maximum atomic E-state index is 15.1. The number of ether oxygens (including phenoxy) is 1. The molecular weight excluding hydrogens is 388 g/mol. The quantitative estimate of drug-likeness (QED) is 0.740. The van der Waals surface area contributed by atoms with Crippen LogP contribution in [0.2, 0.25) is 0 Å². The third kappa shape index (κ3) is 4.01. The summed E-state index contributed by atoms with van der Waals surface area (Å²) in [7, 11) is 0. The maximum Gasteiger partial charge on any atom is 0.416 e. The number of nitrogens with zero attached hydrogens (tertiary/aromatic N) is 3. The van der Waals surface area contributed by atoms with Gasteiger partial charge >= 0.3 is 6.18 Å². The van der Waals surface area contributed by atoms with E-state index in [-0.39, 0.29) is 23.1 Å². The second-order valence-electron chi connectivity index (χ2n) is 7.99. The van der Waals surface area contributed by atoms with E-state index in [1.54, 1.807) is 4.90 Å². The molecule has 0 radical (unpaired) electrons. The molecule has 2 aliphatic heterocycles. The number of halogens is 4. The van der Waals surface area contributed by atoms with Crippen molar-refractivity contribution >= 4 is 11.6 Å². The number of aromatic nitrogens is 2. The smallest absolute Gasteiger partial charge is 0.380 e. The van der Waals surface area contributed by atoms with E-state index in [1.807, 2.05) is 6.92 Å². The zero-order valence-electron chi connectivity index (χ0n) is 16.0. The van der Waals surface area contributed by atoms with E-state index in [0.29, 0.717) is 38.3 Å². The zero-order chi connectivity index (χ0) is 20.6. The molecule has 1 N–H and O–H groups in total. The van der Waals surface area contributed by atoms with Crippen LogP contribution in [0.3, 0.4) is 0 Å². The summed E-state index contributed by atoms with van der Waals surface area (Å²) in [5, 5.41) is 3.04. The Labute approximate surface area is 166 Å². The van der Waals surface area contributed by atoms with Gasteiger partial charge in [0.15, 0.2) is 11.6 Å². The fourth-order valence-electron chi connectivity index (χ4n) is 3.79. The van der Waals surface area contributed by atoms with E-state index in [2.05, 4.69) is 15.3 Å². The minimum absolute atomic E-state index is 0.0477. The Bertz CT molecular complexity index is 868. The van der Waals surface area contributed by atoms with Crippen LogP contribution in [0.15, 0.2) is 30.6 Å². The topological polar surface area (TPSA) is 50.3 Å². The number of benzene rings is 1. The van der Waals surface area contributed by atoms with E-state index < -0.39 is 17.6 Å². The molecule has 2 fully saturated rings. The molecule has 2 aromatic rings. The van der Waals surface area contributed by atoms with Crippen LogP contribution < -0.4 is 10.2 Å². The first-order valence-electron chi connectivity index (χ1n) is 9.53. The van der Waals surface area contributed by atoms with Gasteiger partial charge in [-0.25, -0.2) is 9.97 Å². The molecule has 3 heterocycles. The summed E-state index contributed by atoms with van der Waals surface area (Å²) in [5.74, 6) is -0.253. The minimum atomic E-state index is -4.38. The van der Waals surface area contributed by atoms with Crippen molar-refractivity contribution in [1.29, 1.82) is 0 Å². The first-order valence-corrected chi connectivity index (χ1v) is 9.53. The Balaban J connectivity index is 1.54. The van der Waals surface area contributed by atoms with Crippen molar-refractivity contribution in [3.05, 3.63) is 47.5 Å². The SMILES string of the molecule is CC1(CNc2ncnc(N3CCC[C@@H]3c3ccc(C(F)(F)F)cc3)c2F)COC1. The average molecular weight is 410 g/mol. The Hall–Kier alpha value is -2.42. The van der Waals surface area contributed by atoms with Gasteiger partial charge in [0.1, 0.15) is 6.33 Å². The second kappa shape index (κ2) is 7.44. The molecule has 0 spiro atoms. The van der Waals surface area contributed by atoms with Crippen LogP contribution in [0.1, 0.15) is 36.9 Å². The number of alkyl halides is 3. The molecule has 4 rings (SSSR count). The normalized spacial score (nSPS) is 21.1. The lowest BCUT2D eigenvalue weighted by Crippen LogP contribution is -2.45. The standard InChI is InChI=1S/C20H22F4N4O/c1-19(10-29-11-19)9-25-17-16(21)18(27-12-26-17)28-8-2-3-15(28)13-4-6-14(7-5-13)20(22,23)24/h4-7,12,15H,2-3,8-11H2,1H3,(H,25,26,27)/t15-/m1/s1. The molecule has 1 atom stereocenters. The number of hydrogen-bond acceptors (Lipinski definition) is 5. The predicted molar refractivity (Wildman–Crippen MR) is 100 cm³/mol. The van der Waals surface area contributed by atoms with Gasteiger partial charge in [-0.3, -0.25) is 0 Å². The van der Waals surface area contributed by atoms with Crippen molar-refractivity contribution in [2.24, 2.45) is 5.41 Å². The predicted octanol–water partition coefficient (Wildman–Crippen LogP) is 4.42. The summed E-state index contributed by atoms with van der Waals surface area (Å²) >= 11 is 0. The van der Waals surface area contributed by atoms with Crippen LogP contribution in [0, 0.1) is 11.2 Å². The van der Waals surface area contributed by atoms with E-state index in [1.165, 1.54) is 18.5 Å². The van der Waals surface area contributed by atoms with Crippen LogP contribution >= 0.6 is 0 Å². The Morgan fingerprint density at radius 2 is 1.93 bits per heavy atom. The van der Waals surface area contributed by atoms with Crippen LogP contribution in [0.5, 0.6) is 0 Å². The van der Waals surface area contributed by atoms with E-state index >= 15 is 4.39 Å². The molecule has 2 aliphatic rings. The Morgan fingerprint density at radius 3 is 2.55 bits per heavy atom. The molecule has 0 bridgehead atoms. The third-order valence-corrected chi connectivity index (χ3v) is 5.50. The first-order chi connectivity index (χ1) is 13.8. The molecule has 0 saturated carbocycles. The van der Waals surface area contributed by atoms with Gasteiger partial charge in [0.05, 0.1) is 24.8 Å². The van der Waals surface area contributed by atoms with Crippen LogP contribution in [-0.4, -0.2) is 36.3 Å². The minimum Gasteiger partial charge on any atom is -0.380 e. The monoisotopic (exact) mass is 410 g/mol. The number of hydrogen-bond donors (Lipinski definition) is 1. The highest BCUT2D eigenvalue weighted by atomic mass is 19.4. The molecule has 1 aromatic carbocycles. The molecular formula is C20H22F4N4O. The molecule has 9 heteroatoms. The molecule has 0 aliphatic carbocycles. The van der Waals surface area contributed by atoms with Gasteiger partial charge in [-0.2, -0.15) is 17.6 Å². The van der Waals surface area contributed by atoms with Crippen LogP contribution in [-0.2, 0) is 10.9 Å². The molecule has 2 saturated heterocycles. The summed E-state index contributed by atoms with van der Waals surface area (Å²) < 4.78 is 58.8. The van der Waals surface area contributed by atoms with Gasteiger partial charge in [0.25, 0.3) is 0 Å². The van der Waals surface area contributed by atoms with Gasteiger partial charge in [-0.1, -0.05) is 19.1 Å². The lowest BCUT2D eigenvalue weighted by atomic mass is 9.89. The fourth-order valence-corrected chi connectivity index (χ4v) is 3.79. The first kappa shape index (κ1) is 19.9. The van der Waals surface area contributed by atoms with Crippen molar-refractivity contribution in [1.82, 2.24) is 9.97 Å². The van der Waals surface area contributed by atoms with E-state index in [4.69, 9.17) is 4.74 Å². The summed E-state index contributed by atoms with van der Waals surface area (Å²) in [6.07, 6.45) is -1.56. The van der Waals surface area contributed by atoms with Crippen molar-refractivity contribution < 1.29 is 22.3 Å². The van der Waals surface area contributed by atoms with Crippen molar-refractivity contribution in [2.45, 2.75) is 32.0 Å². The fraction of sp³-hybridized carbons (Fsp3) is 0.500. The largest absolute Gasteiger partial charge is 0.416 e. The van der Waals surface area contributed by atoms with E-state index in [9.17, 15) is 13.2 Å². The van der Waals surface area contributed by atoms with Crippen LogP contribution in [0.25, 0.3) is 0 Å². The zero-order valence-corrected chi connectivity index (χ0v) is 16.0. The molecule has 0 amide bonds. The van der Waals surface area contributed by atoms with Gasteiger partial charge < -0.3 is 15.0 Å². The van der Waals surface area contributed by atoms with Crippen molar-refractivity contribution in [3.8, 4) is 0 Å². The summed E-state index contributed by atoms with van der Waals surface area (Å²) in [6.45, 7) is 4.38. The third-order valence-electron chi connectivity index (χ3n) is 5.50. The summed E-state index contributed by atoms with van der Waals surface area (Å²) in [4.78, 5) is 9.95. The van der Waals surface area contributed by atoms with E-state index in [0.717, 1.165) is 18.6 Å². The highest BCUT2D eigenvalue weighted by Gasteiger charge is 2.35. The number of nitrogens with one attached hydrogen (secondary N) is 1. The van der Waals surface area contributed by atoms with Gasteiger partial charge in [-0.05, 0) is 30.5 Å². The maximum absolute atomic E-state index is 15.1. The van der Waals surface area contributed by atoms with Crippen molar-refractivity contribution in [2.75, 3.05) is 36.5 Å². The average Bonchev–Trinajstić information content (AvgIpc) is 3.14. The molecule has 1 aromatic heterocycles. The van der Waals surface area contributed by atoms with Gasteiger partial charge in [0.2, 0.25) is 5.82 Å². The molecule has 0 unspecified atom stereocenters. The van der Waals surface area contributed by atoms with Crippen LogP contribution in [0.4, 0.5) is 29.2 Å². The molecule has 29 heavy (non-hydrogen) atoms. The van der Waals surface area contributed by atoms with Crippen molar-refractivity contribution in [3.63, 3.8) is 0 Å². The molecule has 156 valence electrons. The Kier molecular flexibility index (Phi) is 5.10. The highest BCUT2D eigenvalue weighted by molar-refractivity contribution is 5.53. The Morgan fingerprint density at radius 1 is 1.21 bits per heavy atom. The lowest BCUT2D eigenvalue weighted by molar-refractivity contribution is -0.137. The lowest BCUT2D eigenvalue weighted by Gasteiger charge is -2.38. The number of rotatable bonds is 5. The summed E-state index contributed by atoms with van der Waals surface area (Å²) in [5.41, 5.74) is -0.0327. The van der Waals surface area contributed by atoms with Gasteiger partial charge in [0, 0.05) is 18.5 Å². The van der Waals surface area contributed by atoms with Gasteiger partial charge in [-0.15, -0.1) is 0 Å².